The number of nitrogens with zero attached hydrogens (tertiary/aromatic N) is 4. The van der Waals surface area contributed by atoms with Crippen molar-refractivity contribution in [2.75, 3.05) is 11.9 Å². The van der Waals surface area contributed by atoms with Crippen molar-refractivity contribution in [3.05, 3.63) is 63.6 Å². The molecular weight excluding hydrogens is 395 g/mol. The number of carbonyl (C=O) groups is 1. The number of hydrogen-bond donors (Lipinski definition) is 2. The number of hydrogen-bond acceptors (Lipinski definition) is 6. The lowest BCUT2D eigenvalue weighted by atomic mass is 10.0. The number of fused-ring (bicyclic) bond motifs is 1. The number of amides is 1. The molecule has 3 aromatic heterocycles. The van der Waals surface area contributed by atoms with Gasteiger partial charge in [-0.05, 0) is 35.8 Å². The maximum Gasteiger partial charge on any atom is 0.346 e. The molecular formula is C19H19FN6O2S. The molecule has 0 atom stereocenters. The molecule has 0 radical (unpaired) electrons. The van der Waals surface area contributed by atoms with Crippen molar-refractivity contribution in [1.82, 2.24) is 19.3 Å². The first kappa shape index (κ1) is 19.2. The lowest BCUT2D eigenvalue weighted by Gasteiger charge is -2.15. The molecule has 0 spiro atoms. The molecule has 0 fully saturated rings. The molecule has 0 aromatic carbocycles. The Morgan fingerprint density at radius 3 is 3.00 bits per heavy atom. The summed E-state index contributed by atoms with van der Waals surface area (Å²) in [4.78, 5) is 30.3. The van der Waals surface area contributed by atoms with Gasteiger partial charge in [-0.15, -0.1) is 11.3 Å². The fourth-order valence-electron chi connectivity index (χ4n) is 3.10. The number of thiophene rings is 1. The Bertz CT molecular complexity index is 1150. The van der Waals surface area contributed by atoms with Gasteiger partial charge in [0.2, 0.25) is 5.91 Å². The second-order valence-electron chi connectivity index (χ2n) is 6.72. The normalized spacial score (nSPS) is 14.0. The summed E-state index contributed by atoms with van der Waals surface area (Å²) in [5.41, 5.74) is 7.41. The summed E-state index contributed by atoms with van der Waals surface area (Å²) < 4.78 is 15.4. The highest BCUT2D eigenvalue weighted by atomic mass is 32.1. The number of pyridine rings is 1. The minimum atomic E-state index is -0.320. The van der Waals surface area contributed by atoms with E-state index >= 15 is 0 Å². The zero-order valence-electron chi connectivity index (χ0n) is 15.5. The van der Waals surface area contributed by atoms with Crippen LogP contribution in [0, 0.1) is 0 Å². The fourth-order valence-corrected chi connectivity index (χ4v) is 4.09. The van der Waals surface area contributed by atoms with E-state index < -0.39 is 0 Å². The molecule has 3 aromatic rings. The molecule has 0 bridgehead atoms. The van der Waals surface area contributed by atoms with Crippen molar-refractivity contribution in [1.29, 1.82) is 0 Å². The molecule has 10 heteroatoms. The van der Waals surface area contributed by atoms with Gasteiger partial charge in [0.25, 0.3) is 0 Å². The van der Waals surface area contributed by atoms with Crippen molar-refractivity contribution in [2.24, 2.45) is 5.73 Å². The highest BCUT2D eigenvalue weighted by molar-refractivity contribution is 7.15. The summed E-state index contributed by atoms with van der Waals surface area (Å²) >= 11 is 1.56. The van der Waals surface area contributed by atoms with E-state index in [-0.39, 0.29) is 24.7 Å². The second-order valence-corrected chi connectivity index (χ2v) is 7.88. The molecule has 4 rings (SSSR count). The summed E-state index contributed by atoms with van der Waals surface area (Å²) in [6.07, 6.45) is 4.73. The van der Waals surface area contributed by atoms with Crippen LogP contribution < -0.4 is 16.7 Å². The number of aryl methyl sites for hydroxylation is 1. The molecule has 1 aliphatic rings. The van der Waals surface area contributed by atoms with Gasteiger partial charge in [0.05, 0.1) is 19.4 Å². The third kappa shape index (κ3) is 4.03. The van der Waals surface area contributed by atoms with E-state index in [2.05, 4.69) is 15.4 Å². The molecule has 1 amide bonds. The van der Waals surface area contributed by atoms with Gasteiger partial charge in [0.15, 0.2) is 0 Å². The van der Waals surface area contributed by atoms with Crippen molar-refractivity contribution in [3.63, 3.8) is 0 Å². The SMILES string of the molecule is NC/C(=C\F)Cn1ncn(Cc2ccc(-c3cnc4c(c3)CCC(=O)N4)s2)c1=O. The summed E-state index contributed by atoms with van der Waals surface area (Å²) in [6.45, 7) is 0.434. The van der Waals surface area contributed by atoms with Gasteiger partial charge in [-0.25, -0.2) is 18.9 Å². The van der Waals surface area contributed by atoms with Crippen LogP contribution in [0.3, 0.4) is 0 Å². The molecule has 8 nitrogen and oxygen atoms in total. The lowest BCUT2D eigenvalue weighted by Crippen LogP contribution is -2.26. The van der Waals surface area contributed by atoms with Gasteiger partial charge in [-0.1, -0.05) is 0 Å². The van der Waals surface area contributed by atoms with E-state index in [4.69, 9.17) is 5.73 Å². The smallest absolute Gasteiger partial charge is 0.327 e. The van der Waals surface area contributed by atoms with Crippen LogP contribution >= 0.6 is 11.3 Å². The Kier molecular flexibility index (Phi) is 5.36. The first-order valence-electron chi connectivity index (χ1n) is 9.05. The van der Waals surface area contributed by atoms with Gasteiger partial charge in [0, 0.05) is 34.5 Å². The van der Waals surface area contributed by atoms with E-state index in [0.717, 1.165) is 20.9 Å². The zero-order valence-corrected chi connectivity index (χ0v) is 16.3. The lowest BCUT2D eigenvalue weighted by molar-refractivity contribution is -0.116. The first-order valence-corrected chi connectivity index (χ1v) is 9.87. The van der Waals surface area contributed by atoms with E-state index in [0.29, 0.717) is 37.1 Å². The standard InChI is InChI=1S/C19H19FN6O2S/c20-6-12(7-21)9-26-19(28)25(11-23-26)10-15-2-3-16(29-15)14-5-13-1-4-17(27)24-18(13)22-8-14/h2-3,5-6,8,11H,1,4,7,9-10,21H2,(H,22,24,27)/b12-6+. The Labute approximate surface area is 169 Å². The van der Waals surface area contributed by atoms with Crippen LogP contribution in [0.4, 0.5) is 10.2 Å². The topological polar surface area (TPSA) is 108 Å². The fraction of sp³-hybridized carbons (Fsp3) is 0.263. The average molecular weight is 414 g/mol. The number of halogens is 1. The first-order chi connectivity index (χ1) is 14.1. The molecule has 4 heterocycles. The maximum absolute atomic E-state index is 12.7. The Balaban J connectivity index is 1.51. The van der Waals surface area contributed by atoms with Crippen LogP contribution in [-0.4, -0.2) is 31.8 Å². The van der Waals surface area contributed by atoms with Crippen LogP contribution in [0.2, 0.25) is 0 Å². The monoisotopic (exact) mass is 414 g/mol. The van der Waals surface area contributed by atoms with Crippen LogP contribution in [0.25, 0.3) is 10.4 Å². The summed E-state index contributed by atoms with van der Waals surface area (Å²) in [5.74, 6) is 0.614. The van der Waals surface area contributed by atoms with Gasteiger partial charge in [-0.3, -0.25) is 9.36 Å². The number of nitrogens with two attached hydrogens (primary N) is 1. The van der Waals surface area contributed by atoms with Gasteiger partial charge >= 0.3 is 5.69 Å². The molecule has 1 aliphatic heterocycles. The van der Waals surface area contributed by atoms with Gasteiger partial charge in [0.1, 0.15) is 12.1 Å². The van der Waals surface area contributed by atoms with Gasteiger partial charge < -0.3 is 11.1 Å². The minimum absolute atomic E-state index is 0.0114. The van der Waals surface area contributed by atoms with Crippen molar-refractivity contribution in [2.45, 2.75) is 25.9 Å². The third-order valence-corrected chi connectivity index (χ3v) is 5.80. The van der Waals surface area contributed by atoms with Crippen molar-refractivity contribution in [3.8, 4) is 10.4 Å². The number of anilines is 1. The second kappa shape index (κ2) is 8.10. The Morgan fingerprint density at radius 1 is 1.34 bits per heavy atom. The average Bonchev–Trinajstić information content (AvgIpc) is 3.33. The predicted octanol–water partition coefficient (Wildman–Crippen LogP) is 1.91. The van der Waals surface area contributed by atoms with E-state index in [1.54, 1.807) is 17.5 Å². The predicted molar refractivity (Wildman–Crippen MR) is 108 cm³/mol. The van der Waals surface area contributed by atoms with Gasteiger partial charge in [-0.2, -0.15) is 5.10 Å². The Morgan fingerprint density at radius 2 is 2.21 bits per heavy atom. The highest BCUT2D eigenvalue weighted by Crippen LogP contribution is 2.31. The quantitative estimate of drug-likeness (QED) is 0.641. The van der Waals surface area contributed by atoms with Crippen molar-refractivity contribution < 1.29 is 9.18 Å². The third-order valence-electron chi connectivity index (χ3n) is 4.68. The van der Waals surface area contributed by atoms with Crippen LogP contribution in [-0.2, 0) is 24.3 Å². The molecule has 3 N–H and O–H groups in total. The number of aromatic nitrogens is 4. The molecule has 0 saturated heterocycles. The van der Waals surface area contributed by atoms with Crippen LogP contribution in [0.1, 0.15) is 16.9 Å². The summed E-state index contributed by atoms with van der Waals surface area (Å²) in [7, 11) is 0. The maximum atomic E-state index is 12.7. The Hall–Kier alpha value is -3.11. The largest absolute Gasteiger partial charge is 0.346 e. The van der Waals surface area contributed by atoms with E-state index in [9.17, 15) is 14.0 Å². The minimum Gasteiger partial charge on any atom is -0.327 e. The number of nitrogens with one attached hydrogen (secondary N) is 1. The molecule has 29 heavy (non-hydrogen) atoms. The molecule has 0 aliphatic carbocycles. The summed E-state index contributed by atoms with van der Waals surface area (Å²) in [6, 6.07) is 5.98. The number of carbonyl (C=O) groups excluding carboxylic acids is 1. The number of rotatable bonds is 6. The van der Waals surface area contributed by atoms with Crippen molar-refractivity contribution >= 4 is 23.1 Å². The van der Waals surface area contributed by atoms with Crippen LogP contribution in [0.5, 0.6) is 0 Å². The van der Waals surface area contributed by atoms with E-state index in [1.165, 1.54) is 15.6 Å². The molecule has 0 unspecified atom stereocenters. The molecule has 0 saturated carbocycles. The zero-order chi connectivity index (χ0) is 20.4. The highest BCUT2D eigenvalue weighted by Gasteiger charge is 2.17. The summed E-state index contributed by atoms with van der Waals surface area (Å²) in [5, 5.41) is 6.81. The van der Waals surface area contributed by atoms with Crippen LogP contribution in [0.15, 0.2) is 47.4 Å². The van der Waals surface area contributed by atoms with E-state index in [1.807, 2.05) is 18.2 Å². The molecule has 150 valence electrons.